The zero-order chi connectivity index (χ0) is 14.1. The molecule has 0 radical (unpaired) electrons. The predicted octanol–water partition coefficient (Wildman–Crippen LogP) is 4.77. The molecule has 2 heteroatoms. The number of hydrogen-bond donors (Lipinski definition) is 0. The molecule has 1 aromatic carbocycles. The lowest BCUT2D eigenvalue weighted by Gasteiger charge is -2.06. The van der Waals surface area contributed by atoms with Gasteiger partial charge in [0.15, 0.2) is 0 Å². The van der Waals surface area contributed by atoms with Gasteiger partial charge in [-0.1, -0.05) is 23.3 Å². The van der Waals surface area contributed by atoms with Gasteiger partial charge in [-0.25, -0.2) is 0 Å². The molecule has 0 spiro atoms. The van der Waals surface area contributed by atoms with E-state index in [1.165, 1.54) is 11.1 Å². The van der Waals surface area contributed by atoms with Crippen LogP contribution in [-0.4, -0.2) is 13.7 Å². The molecule has 19 heavy (non-hydrogen) atoms. The van der Waals surface area contributed by atoms with Crippen molar-refractivity contribution < 1.29 is 9.47 Å². The van der Waals surface area contributed by atoms with Crippen LogP contribution in [0.25, 0.3) is 0 Å². The van der Waals surface area contributed by atoms with Crippen molar-refractivity contribution in [2.45, 2.75) is 33.6 Å². The van der Waals surface area contributed by atoms with E-state index in [4.69, 9.17) is 9.47 Å². The van der Waals surface area contributed by atoms with Gasteiger partial charge in [-0.3, -0.25) is 0 Å². The number of methoxy groups -OCH3 is 1. The lowest BCUT2D eigenvalue weighted by molar-refractivity contribution is 0.355. The van der Waals surface area contributed by atoms with Gasteiger partial charge in [0.2, 0.25) is 0 Å². The van der Waals surface area contributed by atoms with Crippen molar-refractivity contribution in [3.63, 3.8) is 0 Å². The van der Waals surface area contributed by atoms with Crippen LogP contribution in [-0.2, 0) is 0 Å². The first-order valence-electron chi connectivity index (χ1n) is 6.67. The number of allylic oxidation sites excluding steroid dienone is 3. The van der Waals surface area contributed by atoms with Crippen LogP contribution in [0.1, 0.15) is 33.6 Å². The molecule has 0 atom stereocenters. The highest BCUT2D eigenvalue weighted by Gasteiger charge is 1.95. The van der Waals surface area contributed by atoms with Crippen LogP contribution >= 0.6 is 0 Å². The van der Waals surface area contributed by atoms with Crippen molar-refractivity contribution in [3.05, 3.63) is 47.6 Å². The van der Waals surface area contributed by atoms with E-state index in [2.05, 4.69) is 32.9 Å². The third-order valence-corrected chi connectivity index (χ3v) is 2.81. The van der Waals surface area contributed by atoms with Crippen molar-refractivity contribution in [2.75, 3.05) is 13.7 Å². The van der Waals surface area contributed by atoms with E-state index in [0.29, 0.717) is 6.61 Å². The molecule has 0 N–H and O–H groups in total. The summed E-state index contributed by atoms with van der Waals surface area (Å²) in [7, 11) is 1.66. The standard InChI is InChI=1S/C17H24O2/c1-14(2)7-5-8-15(3)11-12-19-17-10-6-9-16(13-17)18-4/h6-7,9-11,13H,5,8,12H2,1-4H3/b15-11+. The SMILES string of the molecule is COc1cccc(OC/C=C(\C)CCC=C(C)C)c1. The second-order valence-corrected chi connectivity index (χ2v) is 4.86. The molecule has 1 aromatic rings. The molecule has 0 unspecified atom stereocenters. The van der Waals surface area contributed by atoms with Crippen molar-refractivity contribution in [1.29, 1.82) is 0 Å². The van der Waals surface area contributed by atoms with Crippen LogP contribution in [0.4, 0.5) is 0 Å². The minimum atomic E-state index is 0.605. The summed E-state index contributed by atoms with van der Waals surface area (Å²) in [6.07, 6.45) is 6.59. The van der Waals surface area contributed by atoms with Gasteiger partial charge >= 0.3 is 0 Å². The lowest BCUT2D eigenvalue weighted by atomic mass is 10.1. The Hall–Kier alpha value is -1.70. The van der Waals surface area contributed by atoms with Crippen LogP contribution in [0.5, 0.6) is 11.5 Å². The topological polar surface area (TPSA) is 18.5 Å². The van der Waals surface area contributed by atoms with E-state index >= 15 is 0 Å². The molecule has 0 bridgehead atoms. The van der Waals surface area contributed by atoms with Crippen LogP contribution in [0.15, 0.2) is 47.6 Å². The van der Waals surface area contributed by atoms with Crippen LogP contribution in [0.2, 0.25) is 0 Å². The van der Waals surface area contributed by atoms with E-state index < -0.39 is 0 Å². The first-order valence-corrected chi connectivity index (χ1v) is 6.67. The summed E-state index contributed by atoms with van der Waals surface area (Å²) in [4.78, 5) is 0. The van der Waals surface area contributed by atoms with Gasteiger partial charge in [0, 0.05) is 6.07 Å². The molecule has 104 valence electrons. The number of benzene rings is 1. The van der Waals surface area contributed by atoms with Crippen LogP contribution in [0.3, 0.4) is 0 Å². The van der Waals surface area contributed by atoms with Crippen molar-refractivity contribution >= 4 is 0 Å². The average Bonchev–Trinajstić information content (AvgIpc) is 2.38. The summed E-state index contributed by atoms with van der Waals surface area (Å²) >= 11 is 0. The fourth-order valence-electron chi connectivity index (χ4n) is 1.66. The Labute approximate surface area is 116 Å². The summed E-state index contributed by atoms with van der Waals surface area (Å²) in [6.45, 7) is 7.01. The number of ether oxygens (including phenoxy) is 2. The summed E-state index contributed by atoms with van der Waals surface area (Å²) in [6, 6.07) is 7.67. The summed E-state index contributed by atoms with van der Waals surface area (Å²) in [5.74, 6) is 1.66. The van der Waals surface area contributed by atoms with Crippen molar-refractivity contribution in [1.82, 2.24) is 0 Å². The molecule has 0 aliphatic rings. The van der Waals surface area contributed by atoms with E-state index in [9.17, 15) is 0 Å². The van der Waals surface area contributed by atoms with Gasteiger partial charge in [-0.05, 0) is 51.8 Å². The summed E-state index contributed by atoms with van der Waals surface area (Å²) < 4.78 is 10.8. The van der Waals surface area contributed by atoms with Gasteiger partial charge < -0.3 is 9.47 Å². The Morgan fingerprint density at radius 2 is 1.84 bits per heavy atom. The third kappa shape index (κ3) is 6.70. The van der Waals surface area contributed by atoms with E-state index in [-0.39, 0.29) is 0 Å². The predicted molar refractivity (Wildman–Crippen MR) is 80.9 cm³/mol. The molecule has 0 saturated heterocycles. The van der Waals surface area contributed by atoms with Crippen molar-refractivity contribution in [2.24, 2.45) is 0 Å². The zero-order valence-electron chi connectivity index (χ0n) is 12.4. The summed E-state index contributed by atoms with van der Waals surface area (Å²) in [5.41, 5.74) is 2.74. The molecule has 2 nitrogen and oxygen atoms in total. The average molecular weight is 260 g/mol. The molecule has 0 amide bonds. The molecule has 0 fully saturated rings. The highest BCUT2D eigenvalue weighted by atomic mass is 16.5. The maximum Gasteiger partial charge on any atom is 0.123 e. The Kier molecular flexibility index (Phi) is 6.80. The Morgan fingerprint density at radius 1 is 1.11 bits per heavy atom. The first kappa shape index (κ1) is 15.4. The quantitative estimate of drug-likeness (QED) is 0.658. The summed E-state index contributed by atoms with van der Waals surface area (Å²) in [5, 5.41) is 0. The molecule has 0 aliphatic heterocycles. The molecule has 0 aliphatic carbocycles. The number of hydrogen-bond acceptors (Lipinski definition) is 2. The molecule has 0 heterocycles. The lowest BCUT2D eigenvalue weighted by Crippen LogP contribution is -1.95. The molecular weight excluding hydrogens is 236 g/mol. The second kappa shape index (κ2) is 8.41. The first-order chi connectivity index (χ1) is 9.11. The second-order valence-electron chi connectivity index (χ2n) is 4.86. The van der Waals surface area contributed by atoms with Gasteiger partial charge in [0.1, 0.15) is 18.1 Å². The fourth-order valence-corrected chi connectivity index (χ4v) is 1.66. The third-order valence-electron chi connectivity index (χ3n) is 2.81. The Bertz CT molecular complexity index is 440. The normalized spacial score (nSPS) is 11.1. The smallest absolute Gasteiger partial charge is 0.123 e. The van der Waals surface area contributed by atoms with Gasteiger partial charge in [-0.15, -0.1) is 0 Å². The number of rotatable bonds is 7. The Morgan fingerprint density at radius 3 is 2.53 bits per heavy atom. The largest absolute Gasteiger partial charge is 0.497 e. The van der Waals surface area contributed by atoms with E-state index in [0.717, 1.165) is 24.3 Å². The highest BCUT2D eigenvalue weighted by molar-refractivity contribution is 5.32. The molecule has 0 aromatic heterocycles. The van der Waals surface area contributed by atoms with Gasteiger partial charge in [0.05, 0.1) is 7.11 Å². The maximum atomic E-state index is 5.67. The van der Waals surface area contributed by atoms with Crippen LogP contribution < -0.4 is 9.47 Å². The molecular formula is C17H24O2. The molecule has 0 saturated carbocycles. The fraction of sp³-hybridized carbons (Fsp3) is 0.412. The zero-order valence-corrected chi connectivity index (χ0v) is 12.4. The van der Waals surface area contributed by atoms with Gasteiger partial charge in [-0.2, -0.15) is 0 Å². The van der Waals surface area contributed by atoms with E-state index in [1.54, 1.807) is 7.11 Å². The van der Waals surface area contributed by atoms with Crippen molar-refractivity contribution in [3.8, 4) is 11.5 Å². The monoisotopic (exact) mass is 260 g/mol. The Balaban J connectivity index is 2.37. The minimum absolute atomic E-state index is 0.605. The molecule has 1 rings (SSSR count). The van der Waals surface area contributed by atoms with Crippen LogP contribution in [0, 0.1) is 0 Å². The van der Waals surface area contributed by atoms with Gasteiger partial charge in [0.25, 0.3) is 0 Å². The maximum absolute atomic E-state index is 5.67. The van der Waals surface area contributed by atoms with E-state index in [1.807, 2.05) is 24.3 Å². The minimum Gasteiger partial charge on any atom is -0.497 e. The highest BCUT2D eigenvalue weighted by Crippen LogP contribution is 2.19.